The number of halogens is 4. The third-order valence-electron chi connectivity index (χ3n) is 5.47. The third kappa shape index (κ3) is 7.92. The Bertz CT molecular complexity index is 1170. The average Bonchev–Trinajstić information content (AvgIpc) is 3.18. The molecule has 0 aliphatic heterocycles. The Morgan fingerprint density at radius 2 is 1.95 bits per heavy atom. The smallest absolute Gasteiger partial charge is 0.422 e. The highest BCUT2D eigenvalue weighted by Gasteiger charge is 2.42. The molecule has 1 aromatic heterocycles. The number of nitrogens with one attached hydrogen (secondary N) is 1. The van der Waals surface area contributed by atoms with Crippen LogP contribution in [-0.4, -0.2) is 67.5 Å². The van der Waals surface area contributed by atoms with Gasteiger partial charge in [-0.15, -0.1) is 0 Å². The van der Waals surface area contributed by atoms with Crippen molar-refractivity contribution in [1.82, 2.24) is 14.0 Å². The lowest BCUT2D eigenvalue weighted by Gasteiger charge is -2.25. The second-order valence-corrected chi connectivity index (χ2v) is 10.2. The maximum absolute atomic E-state index is 13.1. The maximum atomic E-state index is 13.1. The van der Waals surface area contributed by atoms with E-state index in [0.29, 0.717) is 17.8 Å². The first-order valence-electron chi connectivity index (χ1n) is 11.0. The number of carboxylic acid groups (broad SMARTS) is 1. The van der Waals surface area contributed by atoms with Crippen molar-refractivity contribution in [1.29, 1.82) is 0 Å². The van der Waals surface area contributed by atoms with Gasteiger partial charge in [0, 0.05) is 19.7 Å². The average molecular weight is 568 g/mol. The monoisotopic (exact) mass is 567 g/mol. The second-order valence-electron chi connectivity index (χ2n) is 8.13. The SMILES string of the molecule is COCCOC1CC(NS(=O)(=O)N(Cc2ccccc2)C(=O)O)C(Oc2ncc(C(F)(F)F)cc2Cl)C1. The van der Waals surface area contributed by atoms with Crippen LogP contribution in [0.25, 0.3) is 0 Å². The zero-order valence-corrected chi connectivity index (χ0v) is 21.1. The Kier molecular flexibility index (Phi) is 9.58. The molecular formula is C22H25ClF3N3O7S. The molecule has 37 heavy (non-hydrogen) atoms. The molecule has 2 aromatic rings. The fourth-order valence-corrected chi connectivity index (χ4v) is 5.21. The molecule has 0 spiro atoms. The van der Waals surface area contributed by atoms with E-state index in [0.717, 1.165) is 0 Å². The molecule has 1 fully saturated rings. The lowest BCUT2D eigenvalue weighted by molar-refractivity contribution is -0.137. The molecule has 3 atom stereocenters. The van der Waals surface area contributed by atoms with Gasteiger partial charge in [0.1, 0.15) is 11.1 Å². The molecule has 1 amide bonds. The molecular weight excluding hydrogens is 543 g/mol. The molecule has 0 saturated heterocycles. The highest BCUT2D eigenvalue weighted by atomic mass is 35.5. The normalized spacial score (nSPS) is 20.1. The highest BCUT2D eigenvalue weighted by Crippen LogP contribution is 2.35. The second kappa shape index (κ2) is 12.3. The Labute approximate surface area is 216 Å². The van der Waals surface area contributed by atoms with Crippen molar-refractivity contribution < 1.29 is 45.7 Å². The lowest BCUT2D eigenvalue weighted by Crippen LogP contribution is -2.50. The van der Waals surface area contributed by atoms with Gasteiger partial charge in [0.15, 0.2) is 0 Å². The lowest BCUT2D eigenvalue weighted by atomic mass is 10.2. The number of ether oxygens (including phenoxy) is 3. The largest absolute Gasteiger partial charge is 0.471 e. The van der Waals surface area contributed by atoms with E-state index in [9.17, 15) is 31.5 Å². The number of alkyl halides is 3. The molecule has 0 bridgehead atoms. The summed E-state index contributed by atoms with van der Waals surface area (Å²) in [6.45, 7) is 0.0281. The summed E-state index contributed by atoms with van der Waals surface area (Å²) in [6, 6.07) is 7.77. The van der Waals surface area contributed by atoms with E-state index < -0.39 is 57.9 Å². The van der Waals surface area contributed by atoms with Gasteiger partial charge in [0.2, 0.25) is 5.88 Å². The van der Waals surface area contributed by atoms with Crippen molar-refractivity contribution >= 4 is 27.9 Å². The fraction of sp³-hybridized carbons (Fsp3) is 0.455. The van der Waals surface area contributed by atoms with Gasteiger partial charge < -0.3 is 19.3 Å². The van der Waals surface area contributed by atoms with Crippen LogP contribution < -0.4 is 9.46 Å². The van der Waals surface area contributed by atoms with E-state index in [1.54, 1.807) is 30.3 Å². The predicted molar refractivity (Wildman–Crippen MR) is 125 cm³/mol. The van der Waals surface area contributed by atoms with Crippen LogP contribution in [0.1, 0.15) is 24.0 Å². The first-order valence-corrected chi connectivity index (χ1v) is 12.8. The van der Waals surface area contributed by atoms with Crippen LogP contribution in [-0.2, 0) is 32.4 Å². The van der Waals surface area contributed by atoms with Gasteiger partial charge >= 0.3 is 22.5 Å². The number of carbonyl (C=O) groups is 1. The summed E-state index contributed by atoms with van der Waals surface area (Å²) in [5.74, 6) is -0.333. The molecule has 10 nitrogen and oxygen atoms in total. The summed E-state index contributed by atoms with van der Waals surface area (Å²) in [6.07, 6.45) is -7.10. The van der Waals surface area contributed by atoms with Crippen LogP contribution in [0.15, 0.2) is 42.6 Å². The Morgan fingerprint density at radius 1 is 1.24 bits per heavy atom. The fourth-order valence-electron chi connectivity index (χ4n) is 3.71. The number of aromatic nitrogens is 1. The van der Waals surface area contributed by atoms with Gasteiger partial charge in [-0.25, -0.2) is 9.78 Å². The molecule has 204 valence electrons. The minimum atomic E-state index is -4.67. The van der Waals surface area contributed by atoms with Crippen LogP contribution in [0.5, 0.6) is 5.88 Å². The number of hydrogen-bond acceptors (Lipinski definition) is 7. The number of rotatable bonds is 11. The Morgan fingerprint density at radius 3 is 2.54 bits per heavy atom. The number of hydrogen-bond donors (Lipinski definition) is 2. The standard InChI is InChI=1S/C22H25ClF3N3O7S/c1-34-7-8-35-16-10-18(19(11-16)36-20-17(23)9-15(12-27-20)22(24,25)26)28-37(32,33)29(21(30)31)13-14-5-3-2-4-6-14/h2-6,9,12,16,18-19,28H,7-8,10-11,13H2,1H3,(H,30,31). The van der Waals surface area contributed by atoms with Gasteiger partial charge in [-0.05, 0) is 18.1 Å². The number of methoxy groups -OCH3 is 1. The number of pyridine rings is 1. The predicted octanol–water partition coefficient (Wildman–Crippen LogP) is 3.71. The van der Waals surface area contributed by atoms with Gasteiger partial charge in [-0.3, -0.25) is 0 Å². The maximum Gasteiger partial charge on any atom is 0.422 e. The van der Waals surface area contributed by atoms with E-state index >= 15 is 0 Å². The summed E-state index contributed by atoms with van der Waals surface area (Å²) in [5, 5.41) is 9.17. The van der Waals surface area contributed by atoms with Crippen LogP contribution in [0.4, 0.5) is 18.0 Å². The van der Waals surface area contributed by atoms with E-state index in [4.69, 9.17) is 25.8 Å². The highest BCUT2D eigenvalue weighted by molar-refractivity contribution is 7.87. The van der Waals surface area contributed by atoms with E-state index in [2.05, 4.69) is 9.71 Å². The third-order valence-corrected chi connectivity index (χ3v) is 7.21. The number of amides is 1. The van der Waals surface area contributed by atoms with Crippen molar-refractivity contribution in [2.75, 3.05) is 20.3 Å². The van der Waals surface area contributed by atoms with E-state index in [1.165, 1.54) is 7.11 Å². The van der Waals surface area contributed by atoms with Crippen LogP contribution in [0.3, 0.4) is 0 Å². The van der Waals surface area contributed by atoms with Gasteiger partial charge in [-0.1, -0.05) is 41.9 Å². The molecule has 1 saturated carbocycles. The van der Waals surface area contributed by atoms with Crippen LogP contribution >= 0.6 is 11.6 Å². The summed E-state index contributed by atoms with van der Waals surface area (Å²) < 4.78 is 83.9. The topological polar surface area (TPSA) is 127 Å². The number of nitrogens with zero attached hydrogens (tertiary/aromatic N) is 2. The Balaban J connectivity index is 1.81. The van der Waals surface area contributed by atoms with Crippen molar-refractivity contribution in [3.8, 4) is 5.88 Å². The van der Waals surface area contributed by atoms with Crippen LogP contribution in [0.2, 0.25) is 5.02 Å². The van der Waals surface area contributed by atoms with Crippen molar-refractivity contribution in [2.45, 2.75) is 43.8 Å². The zero-order chi connectivity index (χ0) is 27.2. The first kappa shape index (κ1) is 28.9. The van der Waals surface area contributed by atoms with Crippen molar-refractivity contribution in [2.24, 2.45) is 0 Å². The Hall–Kier alpha value is -2.65. The summed E-state index contributed by atoms with van der Waals surface area (Å²) in [5.41, 5.74) is -0.636. The van der Waals surface area contributed by atoms with E-state index in [1.807, 2.05) is 0 Å². The zero-order valence-electron chi connectivity index (χ0n) is 19.5. The molecule has 1 heterocycles. The quantitative estimate of drug-likeness (QED) is 0.393. The summed E-state index contributed by atoms with van der Waals surface area (Å²) in [7, 11) is -3.11. The molecule has 3 rings (SSSR count). The molecule has 1 aliphatic rings. The minimum absolute atomic E-state index is 0.0880. The summed E-state index contributed by atoms with van der Waals surface area (Å²) >= 11 is 5.96. The molecule has 1 aliphatic carbocycles. The van der Waals surface area contributed by atoms with Gasteiger partial charge in [0.05, 0.1) is 37.5 Å². The van der Waals surface area contributed by atoms with Gasteiger partial charge in [0.25, 0.3) is 0 Å². The first-order chi connectivity index (χ1) is 17.4. The molecule has 3 unspecified atom stereocenters. The molecule has 2 N–H and O–H groups in total. The molecule has 1 aromatic carbocycles. The van der Waals surface area contributed by atoms with Gasteiger partial charge in [-0.2, -0.15) is 30.6 Å². The van der Waals surface area contributed by atoms with Crippen molar-refractivity contribution in [3.63, 3.8) is 0 Å². The molecule has 0 radical (unpaired) electrons. The van der Waals surface area contributed by atoms with Crippen molar-refractivity contribution in [3.05, 3.63) is 58.7 Å². The van der Waals surface area contributed by atoms with E-state index in [-0.39, 0.29) is 36.2 Å². The summed E-state index contributed by atoms with van der Waals surface area (Å²) in [4.78, 5) is 15.5. The molecule has 15 heteroatoms. The minimum Gasteiger partial charge on any atom is -0.471 e. The number of benzene rings is 1. The van der Waals surface area contributed by atoms with Crippen LogP contribution in [0, 0.1) is 0 Å².